The van der Waals surface area contributed by atoms with Gasteiger partial charge in [-0.1, -0.05) is 35.9 Å². The average molecular weight is 359 g/mol. The number of carbonyl (C=O) groups is 2. The molecule has 0 heterocycles. The largest absolute Gasteiger partial charge is 0.342 e. The van der Waals surface area contributed by atoms with Crippen LogP contribution in [0.15, 0.2) is 48.5 Å². The second-order valence-corrected chi connectivity index (χ2v) is 6.49. The van der Waals surface area contributed by atoms with E-state index in [-0.39, 0.29) is 18.2 Å². The Morgan fingerprint density at radius 2 is 1.80 bits per heavy atom. The van der Waals surface area contributed by atoms with Crippen LogP contribution in [0.4, 0.5) is 5.69 Å². The van der Waals surface area contributed by atoms with Crippen molar-refractivity contribution in [3.8, 4) is 0 Å². The molecule has 4 nitrogen and oxygen atoms in total. The lowest BCUT2D eigenvalue weighted by Crippen LogP contribution is -2.33. The van der Waals surface area contributed by atoms with Crippen LogP contribution in [-0.4, -0.2) is 29.8 Å². The van der Waals surface area contributed by atoms with Crippen molar-refractivity contribution in [2.45, 2.75) is 26.7 Å². The van der Waals surface area contributed by atoms with Gasteiger partial charge >= 0.3 is 0 Å². The van der Waals surface area contributed by atoms with Gasteiger partial charge in [-0.25, -0.2) is 0 Å². The molecule has 2 aromatic carbocycles. The SMILES string of the molecule is CC(=O)N(CCC(=O)Nc1cccc(C)c1)CCc1ccc(Cl)cc1. The van der Waals surface area contributed by atoms with Crippen molar-refractivity contribution >= 4 is 29.1 Å². The number of nitrogens with zero attached hydrogens (tertiary/aromatic N) is 1. The first kappa shape index (κ1) is 19.0. The zero-order valence-corrected chi connectivity index (χ0v) is 15.3. The molecule has 2 rings (SSSR count). The minimum atomic E-state index is -0.0941. The van der Waals surface area contributed by atoms with E-state index in [0.29, 0.717) is 18.1 Å². The summed E-state index contributed by atoms with van der Waals surface area (Å²) in [6.07, 6.45) is 1.00. The van der Waals surface area contributed by atoms with Crippen LogP contribution in [-0.2, 0) is 16.0 Å². The van der Waals surface area contributed by atoms with Crippen molar-refractivity contribution in [1.82, 2.24) is 4.90 Å². The Bertz CT molecular complexity index is 729. The third kappa shape index (κ3) is 6.59. The van der Waals surface area contributed by atoms with E-state index in [9.17, 15) is 9.59 Å². The number of halogens is 1. The topological polar surface area (TPSA) is 49.4 Å². The number of hydrogen-bond donors (Lipinski definition) is 1. The highest BCUT2D eigenvalue weighted by Gasteiger charge is 2.11. The monoisotopic (exact) mass is 358 g/mol. The Labute approximate surface area is 153 Å². The van der Waals surface area contributed by atoms with E-state index < -0.39 is 0 Å². The molecule has 1 N–H and O–H groups in total. The Morgan fingerprint density at radius 1 is 1.08 bits per heavy atom. The van der Waals surface area contributed by atoms with Crippen molar-refractivity contribution in [3.63, 3.8) is 0 Å². The van der Waals surface area contributed by atoms with Crippen LogP contribution >= 0.6 is 11.6 Å². The quantitative estimate of drug-likeness (QED) is 0.811. The number of amides is 2. The normalized spacial score (nSPS) is 10.4. The van der Waals surface area contributed by atoms with Crippen LogP contribution in [0.25, 0.3) is 0 Å². The first-order chi connectivity index (χ1) is 11.9. The van der Waals surface area contributed by atoms with Gasteiger partial charge in [0.1, 0.15) is 0 Å². The predicted molar refractivity (Wildman–Crippen MR) is 102 cm³/mol. The fraction of sp³-hybridized carbons (Fsp3) is 0.300. The molecule has 5 heteroatoms. The number of aryl methyl sites for hydroxylation is 1. The van der Waals surface area contributed by atoms with E-state index >= 15 is 0 Å². The molecule has 0 aromatic heterocycles. The second kappa shape index (κ2) is 9.23. The van der Waals surface area contributed by atoms with E-state index in [1.54, 1.807) is 4.90 Å². The van der Waals surface area contributed by atoms with Gasteiger partial charge in [0.15, 0.2) is 0 Å². The van der Waals surface area contributed by atoms with Gasteiger partial charge in [0.2, 0.25) is 11.8 Å². The van der Waals surface area contributed by atoms with Gasteiger partial charge in [-0.15, -0.1) is 0 Å². The highest BCUT2D eigenvalue weighted by Crippen LogP contribution is 2.12. The highest BCUT2D eigenvalue weighted by molar-refractivity contribution is 6.30. The lowest BCUT2D eigenvalue weighted by atomic mass is 10.1. The van der Waals surface area contributed by atoms with Gasteiger partial charge in [0.05, 0.1) is 0 Å². The molecule has 0 aliphatic rings. The standard InChI is InChI=1S/C20H23ClN2O2/c1-15-4-3-5-19(14-15)22-20(25)11-13-23(16(2)24)12-10-17-6-8-18(21)9-7-17/h3-9,14H,10-13H2,1-2H3,(H,22,25). The van der Waals surface area contributed by atoms with Gasteiger partial charge in [-0.3, -0.25) is 9.59 Å². The maximum absolute atomic E-state index is 12.1. The fourth-order valence-electron chi connectivity index (χ4n) is 2.52. The molecule has 25 heavy (non-hydrogen) atoms. The minimum Gasteiger partial charge on any atom is -0.342 e. The van der Waals surface area contributed by atoms with Gasteiger partial charge in [0.25, 0.3) is 0 Å². The summed E-state index contributed by atoms with van der Waals surface area (Å²) in [6, 6.07) is 15.2. The molecule has 0 fully saturated rings. The summed E-state index contributed by atoms with van der Waals surface area (Å²) in [5.41, 5.74) is 2.98. The molecule has 0 unspecified atom stereocenters. The lowest BCUT2D eigenvalue weighted by molar-refractivity contribution is -0.129. The molecule has 0 saturated carbocycles. The van der Waals surface area contributed by atoms with Crippen LogP contribution in [0.2, 0.25) is 5.02 Å². The molecule has 0 aliphatic heterocycles. The van der Waals surface area contributed by atoms with Crippen LogP contribution in [0, 0.1) is 6.92 Å². The summed E-state index contributed by atoms with van der Waals surface area (Å²) in [4.78, 5) is 25.6. The average Bonchev–Trinajstić information content (AvgIpc) is 2.56. The highest BCUT2D eigenvalue weighted by atomic mass is 35.5. The Kier molecular flexibility index (Phi) is 7.02. The molecule has 2 aromatic rings. The summed E-state index contributed by atoms with van der Waals surface area (Å²) in [5, 5.41) is 3.56. The zero-order chi connectivity index (χ0) is 18.2. The summed E-state index contributed by atoms with van der Waals surface area (Å²) >= 11 is 5.88. The predicted octanol–water partition coefficient (Wildman–Crippen LogP) is 4.07. The van der Waals surface area contributed by atoms with E-state index in [2.05, 4.69) is 5.32 Å². The number of anilines is 1. The molecular formula is C20H23ClN2O2. The van der Waals surface area contributed by atoms with Crippen LogP contribution in [0.5, 0.6) is 0 Å². The Morgan fingerprint density at radius 3 is 2.44 bits per heavy atom. The smallest absolute Gasteiger partial charge is 0.226 e. The summed E-state index contributed by atoms with van der Waals surface area (Å²) in [6.45, 7) is 4.49. The fourth-order valence-corrected chi connectivity index (χ4v) is 2.65. The number of carbonyl (C=O) groups excluding carboxylic acids is 2. The third-order valence-electron chi connectivity index (χ3n) is 3.94. The van der Waals surface area contributed by atoms with Crippen molar-refractivity contribution in [2.75, 3.05) is 18.4 Å². The number of benzene rings is 2. The maximum atomic E-state index is 12.1. The van der Waals surface area contributed by atoms with Gasteiger partial charge in [0, 0.05) is 37.1 Å². The first-order valence-electron chi connectivity index (χ1n) is 8.30. The second-order valence-electron chi connectivity index (χ2n) is 6.05. The summed E-state index contributed by atoms with van der Waals surface area (Å²) in [7, 11) is 0. The molecule has 132 valence electrons. The van der Waals surface area contributed by atoms with Crippen LogP contribution in [0.1, 0.15) is 24.5 Å². The first-order valence-corrected chi connectivity index (χ1v) is 8.68. The molecule has 0 spiro atoms. The van der Waals surface area contributed by atoms with Crippen LogP contribution in [0.3, 0.4) is 0 Å². The number of hydrogen-bond acceptors (Lipinski definition) is 2. The zero-order valence-electron chi connectivity index (χ0n) is 14.6. The minimum absolute atomic E-state index is 0.0303. The van der Waals surface area contributed by atoms with Gasteiger partial charge < -0.3 is 10.2 Å². The molecule has 0 aliphatic carbocycles. The Balaban J connectivity index is 1.83. The van der Waals surface area contributed by atoms with Crippen molar-refractivity contribution in [3.05, 3.63) is 64.7 Å². The molecule has 2 amide bonds. The molecular weight excluding hydrogens is 336 g/mol. The van der Waals surface area contributed by atoms with E-state index in [0.717, 1.165) is 23.2 Å². The molecule has 0 radical (unpaired) electrons. The van der Waals surface area contributed by atoms with E-state index in [1.165, 1.54) is 6.92 Å². The van der Waals surface area contributed by atoms with Gasteiger partial charge in [-0.05, 0) is 48.7 Å². The third-order valence-corrected chi connectivity index (χ3v) is 4.19. The number of rotatable bonds is 7. The lowest BCUT2D eigenvalue weighted by Gasteiger charge is -2.21. The van der Waals surface area contributed by atoms with Gasteiger partial charge in [-0.2, -0.15) is 0 Å². The van der Waals surface area contributed by atoms with Crippen LogP contribution < -0.4 is 5.32 Å². The summed E-state index contributed by atoms with van der Waals surface area (Å²) in [5.74, 6) is -0.124. The molecule has 0 saturated heterocycles. The molecule has 0 atom stereocenters. The van der Waals surface area contributed by atoms with E-state index in [1.807, 2.05) is 55.5 Å². The summed E-state index contributed by atoms with van der Waals surface area (Å²) < 4.78 is 0. The molecule has 0 bridgehead atoms. The Hall–Kier alpha value is -2.33. The van der Waals surface area contributed by atoms with Crippen molar-refractivity contribution in [1.29, 1.82) is 0 Å². The van der Waals surface area contributed by atoms with E-state index in [4.69, 9.17) is 11.6 Å². The van der Waals surface area contributed by atoms with Crippen molar-refractivity contribution < 1.29 is 9.59 Å². The number of nitrogens with one attached hydrogen (secondary N) is 1. The maximum Gasteiger partial charge on any atom is 0.226 e. The van der Waals surface area contributed by atoms with Crippen molar-refractivity contribution in [2.24, 2.45) is 0 Å².